The molecule has 1 saturated heterocycles. The van der Waals surface area contributed by atoms with Gasteiger partial charge in [-0.3, -0.25) is 4.79 Å². The van der Waals surface area contributed by atoms with Gasteiger partial charge in [0.1, 0.15) is 0 Å². The summed E-state index contributed by atoms with van der Waals surface area (Å²) >= 11 is 0. The number of aliphatic hydroxyl groups is 2. The highest BCUT2D eigenvalue weighted by atomic mass is 16.8. The van der Waals surface area contributed by atoms with Crippen LogP contribution in [0.15, 0.2) is 12.2 Å². The number of hydrogen-bond acceptors (Lipinski definition) is 6. The molecule has 0 aromatic rings. The predicted octanol–water partition coefficient (Wildman–Crippen LogP) is -0.668. The molecule has 0 saturated carbocycles. The maximum atomic E-state index is 11.3. The monoisotopic (exact) mass is 274 g/mol. The summed E-state index contributed by atoms with van der Waals surface area (Å²) in [5.41, 5.74) is 0. The number of ether oxygens (including phenoxy) is 3. The van der Waals surface area contributed by atoms with Gasteiger partial charge in [0.15, 0.2) is 0 Å². The van der Waals surface area contributed by atoms with Crippen LogP contribution in [0.2, 0.25) is 0 Å². The molecule has 5 unspecified atom stereocenters. The van der Waals surface area contributed by atoms with E-state index in [1.165, 1.54) is 0 Å². The van der Waals surface area contributed by atoms with E-state index in [9.17, 15) is 15.0 Å². The summed E-state index contributed by atoms with van der Waals surface area (Å²) in [4.78, 5) is 11.3. The molecule has 0 radical (unpaired) electrons. The van der Waals surface area contributed by atoms with Crippen molar-refractivity contribution >= 4 is 5.97 Å². The van der Waals surface area contributed by atoms with Crippen LogP contribution in [0.3, 0.4) is 0 Å². The van der Waals surface area contributed by atoms with Crippen LogP contribution < -0.4 is 0 Å². The Morgan fingerprint density at radius 2 is 2.05 bits per heavy atom. The number of carboxylic acid groups (broad SMARTS) is 1. The van der Waals surface area contributed by atoms with Gasteiger partial charge >= 0.3 is 5.97 Å². The Balaban J connectivity index is 2.24. The average molecular weight is 274 g/mol. The lowest BCUT2D eigenvalue weighted by atomic mass is 9.81. The van der Waals surface area contributed by atoms with Crippen LogP contribution in [0, 0.1) is 11.8 Å². The lowest BCUT2D eigenvalue weighted by Crippen LogP contribution is -2.52. The van der Waals surface area contributed by atoms with Gasteiger partial charge in [0.2, 0.25) is 0 Å². The second-order valence-corrected chi connectivity index (χ2v) is 4.48. The lowest BCUT2D eigenvalue weighted by Gasteiger charge is -2.37. The summed E-state index contributed by atoms with van der Waals surface area (Å²) < 4.78 is 15.8. The van der Waals surface area contributed by atoms with Crippen molar-refractivity contribution in [1.29, 1.82) is 0 Å². The molecule has 1 fully saturated rings. The molecule has 2 rings (SSSR count). The first-order valence-electron chi connectivity index (χ1n) is 6.21. The second-order valence-electron chi connectivity index (χ2n) is 4.48. The van der Waals surface area contributed by atoms with E-state index in [0.717, 1.165) is 0 Å². The van der Waals surface area contributed by atoms with E-state index >= 15 is 0 Å². The van der Waals surface area contributed by atoms with Gasteiger partial charge < -0.3 is 29.5 Å². The highest BCUT2D eigenvalue weighted by Crippen LogP contribution is 2.45. The summed E-state index contributed by atoms with van der Waals surface area (Å²) in [5, 5.41) is 28.5. The molecule has 2 heterocycles. The van der Waals surface area contributed by atoms with Crippen LogP contribution in [0.4, 0.5) is 0 Å². The molecule has 0 aromatic heterocycles. The molecule has 2 aliphatic heterocycles. The SMILES string of the molecule is CCOC(O)(OCCO)C1C2C=CC(O2)C1C(=O)O. The summed E-state index contributed by atoms with van der Waals surface area (Å²) in [6.07, 6.45) is 2.21. The van der Waals surface area contributed by atoms with Gasteiger partial charge in [-0.25, -0.2) is 0 Å². The predicted molar refractivity (Wildman–Crippen MR) is 62.0 cm³/mol. The topological polar surface area (TPSA) is 105 Å². The summed E-state index contributed by atoms with van der Waals surface area (Å²) in [6.45, 7) is 1.35. The highest BCUT2D eigenvalue weighted by Gasteiger charge is 2.60. The molecule has 0 aliphatic carbocycles. The summed E-state index contributed by atoms with van der Waals surface area (Å²) in [6, 6.07) is 0. The van der Waals surface area contributed by atoms with Crippen molar-refractivity contribution in [2.24, 2.45) is 11.8 Å². The van der Waals surface area contributed by atoms with Gasteiger partial charge in [0.25, 0.3) is 5.97 Å². The molecule has 5 atom stereocenters. The molecular formula is C12H18O7. The fourth-order valence-corrected chi connectivity index (χ4v) is 2.67. The third-order valence-corrected chi connectivity index (χ3v) is 3.36. The van der Waals surface area contributed by atoms with Crippen molar-refractivity contribution in [1.82, 2.24) is 0 Å². The van der Waals surface area contributed by atoms with Crippen molar-refractivity contribution in [3.8, 4) is 0 Å². The van der Waals surface area contributed by atoms with E-state index in [1.54, 1.807) is 19.1 Å². The van der Waals surface area contributed by atoms with Gasteiger partial charge in [0.05, 0.1) is 37.3 Å². The van der Waals surface area contributed by atoms with Gasteiger partial charge in [-0.15, -0.1) is 0 Å². The minimum Gasteiger partial charge on any atom is -0.481 e. The Morgan fingerprint density at radius 1 is 1.37 bits per heavy atom. The van der Waals surface area contributed by atoms with Crippen LogP contribution in [0.25, 0.3) is 0 Å². The highest BCUT2D eigenvalue weighted by molar-refractivity contribution is 5.73. The Labute approximate surface area is 110 Å². The smallest absolute Gasteiger partial charge is 0.310 e. The molecule has 108 valence electrons. The van der Waals surface area contributed by atoms with Crippen molar-refractivity contribution in [3.63, 3.8) is 0 Å². The summed E-state index contributed by atoms with van der Waals surface area (Å²) in [7, 11) is 0. The maximum absolute atomic E-state index is 11.3. The maximum Gasteiger partial charge on any atom is 0.310 e. The van der Waals surface area contributed by atoms with E-state index in [0.29, 0.717) is 0 Å². The fraction of sp³-hybridized carbons (Fsp3) is 0.750. The zero-order valence-corrected chi connectivity index (χ0v) is 10.6. The van der Waals surface area contributed by atoms with Crippen molar-refractivity contribution in [2.75, 3.05) is 19.8 Å². The van der Waals surface area contributed by atoms with Crippen LogP contribution in [-0.2, 0) is 19.0 Å². The molecule has 7 nitrogen and oxygen atoms in total. The lowest BCUT2D eigenvalue weighted by molar-refractivity contribution is -0.392. The quantitative estimate of drug-likeness (QED) is 0.417. The molecule has 2 bridgehead atoms. The summed E-state index contributed by atoms with van der Waals surface area (Å²) in [5.74, 6) is -4.96. The standard InChI is InChI=1S/C12H18O7/c1-2-17-12(16,18-6-5-13)10-8-4-3-7(19-8)9(10)11(14)15/h3-4,7-10,13,16H,2,5-6H2,1H3,(H,14,15). The number of aliphatic hydroxyl groups excluding tert-OH is 1. The van der Waals surface area contributed by atoms with Crippen LogP contribution in [-0.4, -0.2) is 59.3 Å². The van der Waals surface area contributed by atoms with E-state index < -0.39 is 36.0 Å². The van der Waals surface area contributed by atoms with Gasteiger partial charge in [-0.2, -0.15) is 0 Å². The van der Waals surface area contributed by atoms with E-state index in [1.807, 2.05) is 0 Å². The number of hydrogen-bond donors (Lipinski definition) is 3. The third kappa shape index (κ3) is 2.52. The molecule has 0 amide bonds. The largest absolute Gasteiger partial charge is 0.481 e. The minimum absolute atomic E-state index is 0.145. The van der Waals surface area contributed by atoms with Crippen LogP contribution in [0.5, 0.6) is 0 Å². The zero-order valence-electron chi connectivity index (χ0n) is 10.6. The molecule has 0 aromatic carbocycles. The Morgan fingerprint density at radius 3 is 2.63 bits per heavy atom. The molecule has 3 N–H and O–H groups in total. The first kappa shape index (κ1) is 14.4. The van der Waals surface area contributed by atoms with Crippen LogP contribution in [0.1, 0.15) is 6.92 Å². The number of rotatable bonds is 7. The Hall–Kier alpha value is -0.990. The van der Waals surface area contributed by atoms with Gasteiger partial charge in [-0.05, 0) is 6.92 Å². The molecule has 0 spiro atoms. The minimum atomic E-state index is -2.08. The van der Waals surface area contributed by atoms with Gasteiger partial charge in [-0.1, -0.05) is 12.2 Å². The third-order valence-electron chi connectivity index (χ3n) is 3.36. The van der Waals surface area contributed by atoms with E-state index in [2.05, 4.69) is 0 Å². The number of fused-ring (bicyclic) bond motifs is 2. The Bertz CT molecular complexity index is 369. The average Bonchev–Trinajstić information content (AvgIpc) is 2.96. The second kappa shape index (κ2) is 5.56. The molecular weight excluding hydrogens is 256 g/mol. The van der Waals surface area contributed by atoms with Crippen molar-refractivity contribution in [3.05, 3.63) is 12.2 Å². The van der Waals surface area contributed by atoms with Crippen molar-refractivity contribution < 1.29 is 34.3 Å². The van der Waals surface area contributed by atoms with Crippen LogP contribution >= 0.6 is 0 Å². The van der Waals surface area contributed by atoms with E-state index in [-0.39, 0.29) is 19.8 Å². The molecule has 7 heteroatoms. The number of carboxylic acids is 1. The fourth-order valence-electron chi connectivity index (χ4n) is 2.67. The number of carbonyl (C=O) groups is 1. The van der Waals surface area contributed by atoms with Crippen molar-refractivity contribution in [2.45, 2.75) is 25.1 Å². The molecule has 19 heavy (non-hydrogen) atoms. The van der Waals surface area contributed by atoms with Gasteiger partial charge in [0, 0.05) is 6.61 Å². The first-order valence-corrected chi connectivity index (χ1v) is 6.21. The first-order chi connectivity index (χ1) is 9.03. The number of aliphatic carboxylic acids is 1. The zero-order chi connectivity index (χ0) is 14.0. The Kier molecular flexibility index (Phi) is 4.22. The molecule has 2 aliphatic rings. The normalized spacial score (nSPS) is 35.5. The van der Waals surface area contributed by atoms with E-state index in [4.69, 9.17) is 19.3 Å².